The number of hydrogen-bond acceptors (Lipinski definition) is 6. The molecule has 0 aliphatic heterocycles. The molecule has 1 aromatic carbocycles. The minimum absolute atomic E-state index is 0.0632. The molecule has 312 valence electrons. The Morgan fingerprint density at radius 1 is 0.893 bits per heavy atom. The van der Waals surface area contributed by atoms with Crippen molar-refractivity contribution in [1.82, 2.24) is 9.80 Å². The number of carboxylic acid groups (broad SMARTS) is 1. The van der Waals surface area contributed by atoms with Gasteiger partial charge in [0.1, 0.15) is 6.10 Å². The molecule has 4 fully saturated rings. The number of hydrogen-bond donors (Lipinski definition) is 1. The van der Waals surface area contributed by atoms with Crippen LogP contribution in [0, 0.1) is 56.2 Å². The number of nitrogens with zero attached hydrogens (tertiary/aromatic N) is 2. The summed E-state index contributed by atoms with van der Waals surface area (Å²) in [6.45, 7) is 25.3. The standard InChI is InChI=1S/C48H73ClN2O5/c1-30(2)40-35(52)27-48(31(3)51(26-25-50(11)12)29-32-13-15-33(49)16-14-32)24-23-46(9)34(41(40)48)17-18-37-45(8)21-20-38(56-39(53)28-43(4,5)42(54)55)44(6,7)36(45)19-22-47(37,46)10/h13-16,30-31,34,36-38H,17-29H2,1-12H3,(H,54,55)/t31-,34?,36-,37+,38-,45-,46+,47+,48?/m0/s1. The molecule has 5 aliphatic carbocycles. The second-order valence-electron chi connectivity index (χ2n) is 21.6. The Morgan fingerprint density at radius 2 is 1.55 bits per heavy atom. The second kappa shape index (κ2) is 15.1. The first-order chi connectivity index (χ1) is 25.9. The quantitative estimate of drug-likeness (QED) is 0.211. The van der Waals surface area contributed by atoms with Crippen LogP contribution in [0.4, 0.5) is 0 Å². The van der Waals surface area contributed by atoms with Crippen molar-refractivity contribution in [3.63, 3.8) is 0 Å². The van der Waals surface area contributed by atoms with Crippen molar-refractivity contribution in [3.8, 4) is 0 Å². The third kappa shape index (κ3) is 7.03. The van der Waals surface area contributed by atoms with Crippen LogP contribution in [0.2, 0.25) is 5.02 Å². The van der Waals surface area contributed by atoms with Gasteiger partial charge in [-0.15, -0.1) is 0 Å². The van der Waals surface area contributed by atoms with Gasteiger partial charge in [-0.2, -0.15) is 0 Å². The third-order valence-electron chi connectivity index (χ3n) is 17.3. The number of carbonyl (C=O) groups is 3. The fraction of sp³-hybridized carbons (Fsp3) is 0.771. The van der Waals surface area contributed by atoms with Crippen LogP contribution in [0.25, 0.3) is 0 Å². The summed E-state index contributed by atoms with van der Waals surface area (Å²) in [6, 6.07) is 8.50. The molecule has 0 saturated heterocycles. The van der Waals surface area contributed by atoms with E-state index >= 15 is 0 Å². The summed E-state index contributed by atoms with van der Waals surface area (Å²) in [4.78, 5) is 44.4. The van der Waals surface area contributed by atoms with Crippen LogP contribution in [0.5, 0.6) is 0 Å². The van der Waals surface area contributed by atoms with Gasteiger partial charge >= 0.3 is 11.9 Å². The van der Waals surface area contributed by atoms with E-state index in [2.05, 4.69) is 91.4 Å². The summed E-state index contributed by atoms with van der Waals surface area (Å²) in [5.74, 6) is 0.496. The molecule has 7 nitrogen and oxygen atoms in total. The maximum atomic E-state index is 14.5. The van der Waals surface area contributed by atoms with Crippen molar-refractivity contribution in [3.05, 3.63) is 46.0 Å². The molecule has 0 aromatic heterocycles. The molecule has 8 heteroatoms. The third-order valence-corrected chi connectivity index (χ3v) is 17.6. The molecule has 0 bridgehead atoms. The molecular formula is C48H73ClN2O5. The number of ketones is 1. The average molecular weight is 794 g/mol. The number of ether oxygens (including phenoxy) is 1. The Labute approximate surface area is 343 Å². The molecule has 1 N–H and O–H groups in total. The van der Waals surface area contributed by atoms with Crippen molar-refractivity contribution < 1.29 is 24.2 Å². The van der Waals surface area contributed by atoms with Crippen LogP contribution in [0.3, 0.4) is 0 Å². The van der Waals surface area contributed by atoms with Gasteiger partial charge in [-0.25, -0.2) is 0 Å². The Kier molecular flexibility index (Phi) is 11.7. The van der Waals surface area contributed by atoms with Crippen molar-refractivity contribution >= 4 is 29.3 Å². The maximum absolute atomic E-state index is 14.5. The minimum Gasteiger partial charge on any atom is -0.481 e. The molecule has 5 aliphatic rings. The van der Waals surface area contributed by atoms with E-state index in [1.807, 2.05) is 12.1 Å². The molecule has 0 heterocycles. The van der Waals surface area contributed by atoms with Gasteiger partial charge in [0.15, 0.2) is 5.78 Å². The van der Waals surface area contributed by atoms with E-state index in [1.165, 1.54) is 11.1 Å². The number of aliphatic carboxylic acids is 1. The molecule has 2 unspecified atom stereocenters. The van der Waals surface area contributed by atoms with E-state index in [0.29, 0.717) is 30.0 Å². The van der Waals surface area contributed by atoms with Gasteiger partial charge in [-0.05, 0) is 149 Å². The zero-order valence-electron chi connectivity index (χ0n) is 36.8. The Balaban J connectivity index is 1.32. The smallest absolute Gasteiger partial charge is 0.309 e. The number of carbonyl (C=O) groups excluding carboxylic acids is 2. The highest BCUT2D eigenvalue weighted by atomic mass is 35.5. The highest BCUT2D eigenvalue weighted by Gasteiger charge is 2.70. The van der Waals surface area contributed by atoms with Crippen molar-refractivity contribution in [1.29, 1.82) is 0 Å². The summed E-state index contributed by atoms with van der Waals surface area (Å²) in [5.41, 5.74) is 2.63. The van der Waals surface area contributed by atoms with Crippen molar-refractivity contribution in [2.45, 2.75) is 152 Å². The zero-order chi connectivity index (χ0) is 41.4. The predicted molar refractivity (Wildman–Crippen MR) is 225 cm³/mol. The van der Waals surface area contributed by atoms with E-state index < -0.39 is 17.4 Å². The van der Waals surface area contributed by atoms with E-state index in [-0.39, 0.29) is 51.6 Å². The number of esters is 1. The molecule has 6 rings (SSSR count). The maximum Gasteiger partial charge on any atom is 0.309 e. The van der Waals surface area contributed by atoms with Gasteiger partial charge in [0.2, 0.25) is 0 Å². The number of Topliss-reactive ketones (excluding diaryl/α,β-unsaturated/α-hetero) is 1. The van der Waals surface area contributed by atoms with Crippen LogP contribution >= 0.6 is 11.6 Å². The summed E-state index contributed by atoms with van der Waals surface area (Å²) in [5, 5.41) is 10.4. The average Bonchev–Trinajstić information content (AvgIpc) is 3.41. The molecule has 0 amide bonds. The number of fused-ring (bicyclic) bond motifs is 7. The summed E-state index contributed by atoms with van der Waals surface area (Å²) in [7, 11) is 4.29. The Morgan fingerprint density at radius 3 is 2.16 bits per heavy atom. The van der Waals surface area contributed by atoms with Crippen LogP contribution in [0.15, 0.2) is 35.4 Å². The topological polar surface area (TPSA) is 87.2 Å². The van der Waals surface area contributed by atoms with Crippen molar-refractivity contribution in [2.24, 2.45) is 56.2 Å². The van der Waals surface area contributed by atoms with Gasteiger partial charge in [-0.3, -0.25) is 19.3 Å². The minimum atomic E-state index is -1.16. The number of halogens is 1. The van der Waals surface area contributed by atoms with E-state index in [9.17, 15) is 19.5 Å². The fourth-order valence-electron chi connectivity index (χ4n) is 13.9. The molecular weight excluding hydrogens is 720 g/mol. The van der Waals surface area contributed by atoms with Gasteiger partial charge in [0.25, 0.3) is 0 Å². The second-order valence-corrected chi connectivity index (χ2v) is 22.1. The summed E-state index contributed by atoms with van der Waals surface area (Å²) >= 11 is 6.32. The normalized spacial score (nSPS) is 35.9. The monoisotopic (exact) mass is 793 g/mol. The highest BCUT2D eigenvalue weighted by molar-refractivity contribution is 6.30. The summed E-state index contributed by atoms with van der Waals surface area (Å²) < 4.78 is 6.22. The first kappa shape index (κ1) is 43.4. The molecule has 9 atom stereocenters. The largest absolute Gasteiger partial charge is 0.481 e. The van der Waals surface area contributed by atoms with Gasteiger partial charge in [-0.1, -0.05) is 77.8 Å². The van der Waals surface area contributed by atoms with Gasteiger partial charge in [0, 0.05) is 47.9 Å². The number of benzene rings is 1. The number of rotatable bonds is 12. The SMILES string of the molecule is CC(C)C1=C2C3CC[C@@H]4[C@@]5(C)CC[C@H](OC(=O)CC(C)(C)C(=O)O)C(C)(C)[C@@H]5CC[C@@]4(C)[C@]3(C)CCC2([C@H](C)N(CCN(C)C)Cc2ccc(Cl)cc2)CC1=O. The number of carboxylic acids is 1. The lowest BCUT2D eigenvalue weighted by atomic mass is 9.32. The van der Waals surface area contributed by atoms with Gasteiger partial charge < -0.3 is 14.7 Å². The molecule has 4 saturated carbocycles. The number of allylic oxidation sites excluding steroid dienone is 1. The molecule has 56 heavy (non-hydrogen) atoms. The van der Waals surface area contributed by atoms with E-state index in [4.69, 9.17) is 16.3 Å². The predicted octanol–water partition coefficient (Wildman–Crippen LogP) is 10.5. The van der Waals surface area contributed by atoms with Crippen LogP contribution in [-0.4, -0.2) is 72.0 Å². The lowest BCUT2D eigenvalue weighted by Crippen LogP contribution is -2.66. The number of likely N-dealkylation sites (N-methyl/N-ethyl adjacent to an activating group) is 1. The zero-order valence-corrected chi connectivity index (χ0v) is 37.6. The molecule has 0 radical (unpaired) electrons. The lowest BCUT2D eigenvalue weighted by molar-refractivity contribution is -0.234. The fourth-order valence-corrected chi connectivity index (χ4v) is 14.1. The first-order valence-corrected chi connectivity index (χ1v) is 22.2. The Hall–Kier alpha value is -2.22. The van der Waals surface area contributed by atoms with Crippen LogP contribution in [-0.2, 0) is 25.7 Å². The van der Waals surface area contributed by atoms with E-state index in [1.54, 1.807) is 13.8 Å². The summed E-state index contributed by atoms with van der Waals surface area (Å²) in [6.07, 6.45) is 8.74. The first-order valence-electron chi connectivity index (χ1n) is 21.8. The van der Waals surface area contributed by atoms with Crippen LogP contribution in [0.1, 0.15) is 139 Å². The van der Waals surface area contributed by atoms with Gasteiger partial charge in [0.05, 0.1) is 11.8 Å². The Bertz CT molecular complexity index is 1720. The van der Waals surface area contributed by atoms with E-state index in [0.717, 1.165) is 81.6 Å². The highest BCUT2D eigenvalue weighted by Crippen LogP contribution is 2.77. The van der Waals surface area contributed by atoms with Crippen molar-refractivity contribution in [2.75, 3.05) is 27.2 Å². The molecule has 1 aromatic rings. The molecule has 0 spiro atoms. The van der Waals surface area contributed by atoms with Crippen LogP contribution < -0.4 is 0 Å². The lowest BCUT2D eigenvalue weighted by Gasteiger charge is -2.72.